The van der Waals surface area contributed by atoms with Crippen molar-refractivity contribution in [3.05, 3.63) is 17.5 Å². The number of amides is 1. The van der Waals surface area contributed by atoms with Gasteiger partial charge in [0.05, 0.1) is 10.5 Å². The summed E-state index contributed by atoms with van der Waals surface area (Å²) in [7, 11) is 0. The number of nitrogens with zero attached hydrogens (tertiary/aromatic N) is 2. The Morgan fingerprint density at radius 1 is 1.21 bits per heavy atom. The van der Waals surface area contributed by atoms with Gasteiger partial charge in [0.1, 0.15) is 0 Å². The Morgan fingerprint density at radius 2 is 1.84 bits per heavy atom. The van der Waals surface area contributed by atoms with Gasteiger partial charge in [-0.3, -0.25) is 4.79 Å². The van der Waals surface area contributed by atoms with Crippen LogP contribution in [0.25, 0.3) is 0 Å². The second-order valence-electron chi connectivity index (χ2n) is 4.89. The van der Waals surface area contributed by atoms with E-state index in [1.165, 1.54) is 5.00 Å². The van der Waals surface area contributed by atoms with Gasteiger partial charge in [-0.05, 0) is 30.4 Å². The number of thiophene rings is 1. The molecule has 4 nitrogen and oxygen atoms in total. The third-order valence-corrected chi connectivity index (χ3v) is 4.53. The molecule has 0 spiro atoms. The minimum Gasteiger partial charge on any atom is -0.360 e. The van der Waals surface area contributed by atoms with Crippen LogP contribution in [-0.2, 0) is 4.79 Å². The summed E-state index contributed by atoms with van der Waals surface area (Å²) in [4.78, 5) is 16.3. The molecule has 1 aromatic heterocycles. The SMILES string of the molecule is Cl.Cl.NC1(C(=O)N2CCN(c3cccs3)CC2)CC1. The predicted octanol–water partition coefficient (Wildman–Crippen LogP) is 1.73. The van der Waals surface area contributed by atoms with E-state index in [-0.39, 0.29) is 30.7 Å². The van der Waals surface area contributed by atoms with E-state index in [1.54, 1.807) is 11.3 Å². The third-order valence-electron chi connectivity index (χ3n) is 3.60. The maximum Gasteiger partial charge on any atom is 0.242 e. The van der Waals surface area contributed by atoms with Crippen molar-refractivity contribution in [2.75, 3.05) is 31.1 Å². The predicted molar refractivity (Wildman–Crippen MR) is 83.8 cm³/mol. The number of piperazine rings is 1. The first-order chi connectivity index (χ1) is 8.19. The number of nitrogens with two attached hydrogens (primary N) is 1. The first-order valence-electron chi connectivity index (χ1n) is 6.06. The quantitative estimate of drug-likeness (QED) is 0.901. The van der Waals surface area contributed by atoms with Crippen LogP contribution in [0.1, 0.15) is 12.8 Å². The molecule has 1 amide bonds. The van der Waals surface area contributed by atoms with Crippen LogP contribution in [0.2, 0.25) is 0 Å². The number of hydrogen-bond donors (Lipinski definition) is 1. The summed E-state index contributed by atoms with van der Waals surface area (Å²) in [5.41, 5.74) is 5.44. The lowest BCUT2D eigenvalue weighted by Gasteiger charge is -2.36. The van der Waals surface area contributed by atoms with Crippen LogP contribution in [0.5, 0.6) is 0 Å². The highest BCUT2D eigenvalue weighted by molar-refractivity contribution is 7.14. The van der Waals surface area contributed by atoms with Crippen molar-refractivity contribution in [3.8, 4) is 0 Å². The van der Waals surface area contributed by atoms with Crippen molar-refractivity contribution in [2.45, 2.75) is 18.4 Å². The van der Waals surface area contributed by atoms with Gasteiger partial charge >= 0.3 is 0 Å². The van der Waals surface area contributed by atoms with Crippen LogP contribution < -0.4 is 10.6 Å². The summed E-state index contributed by atoms with van der Waals surface area (Å²) >= 11 is 1.75. The van der Waals surface area contributed by atoms with Gasteiger partial charge in [0.2, 0.25) is 5.91 Å². The van der Waals surface area contributed by atoms with Crippen molar-refractivity contribution >= 4 is 47.1 Å². The average molecular weight is 324 g/mol. The van der Waals surface area contributed by atoms with Crippen molar-refractivity contribution < 1.29 is 4.79 Å². The van der Waals surface area contributed by atoms with E-state index in [0.717, 1.165) is 39.0 Å². The fourth-order valence-electron chi connectivity index (χ4n) is 2.24. The molecule has 1 aliphatic heterocycles. The molecule has 108 valence electrons. The highest BCUT2D eigenvalue weighted by Crippen LogP contribution is 2.34. The monoisotopic (exact) mass is 323 g/mol. The van der Waals surface area contributed by atoms with Crippen LogP contribution >= 0.6 is 36.2 Å². The summed E-state index contributed by atoms with van der Waals surface area (Å²) in [5.74, 6) is 0.156. The zero-order valence-corrected chi connectivity index (χ0v) is 13.0. The van der Waals surface area contributed by atoms with E-state index >= 15 is 0 Å². The lowest BCUT2D eigenvalue weighted by atomic mass is 10.2. The number of rotatable bonds is 2. The summed E-state index contributed by atoms with van der Waals surface area (Å²) in [6.45, 7) is 3.44. The molecule has 0 aromatic carbocycles. The van der Waals surface area contributed by atoms with Gasteiger partial charge in [0.15, 0.2) is 0 Å². The molecule has 1 saturated heterocycles. The summed E-state index contributed by atoms with van der Waals surface area (Å²) in [6.07, 6.45) is 1.72. The molecule has 0 radical (unpaired) electrons. The zero-order valence-electron chi connectivity index (χ0n) is 10.6. The molecule has 0 bridgehead atoms. The minimum atomic E-state index is -0.509. The standard InChI is InChI=1S/C12H17N3OS.2ClH/c13-12(3-4-12)11(16)15-7-5-14(6-8-15)10-2-1-9-17-10;;/h1-2,9H,3-8,13H2;2*1H. The molecule has 1 saturated carbocycles. The molecule has 2 heterocycles. The number of anilines is 1. The maximum absolute atomic E-state index is 12.1. The van der Waals surface area contributed by atoms with Crippen LogP contribution in [0.15, 0.2) is 17.5 Å². The topological polar surface area (TPSA) is 49.6 Å². The maximum atomic E-state index is 12.1. The highest BCUT2D eigenvalue weighted by Gasteiger charge is 2.48. The lowest BCUT2D eigenvalue weighted by molar-refractivity contribution is -0.133. The van der Waals surface area contributed by atoms with Gasteiger partial charge in [-0.15, -0.1) is 36.2 Å². The van der Waals surface area contributed by atoms with E-state index in [0.29, 0.717) is 0 Å². The molecule has 0 atom stereocenters. The fourth-order valence-corrected chi connectivity index (χ4v) is 3.03. The molecule has 3 rings (SSSR count). The van der Waals surface area contributed by atoms with E-state index in [9.17, 15) is 4.79 Å². The van der Waals surface area contributed by atoms with Gasteiger partial charge < -0.3 is 15.5 Å². The Balaban J connectivity index is 0.000000902. The molecule has 0 unspecified atom stereocenters. The van der Waals surface area contributed by atoms with Gasteiger partial charge in [0.25, 0.3) is 0 Å². The lowest BCUT2D eigenvalue weighted by Crippen LogP contribution is -2.54. The molecule has 19 heavy (non-hydrogen) atoms. The number of carbonyl (C=O) groups excluding carboxylic acids is 1. The first kappa shape index (κ1) is 16.6. The minimum absolute atomic E-state index is 0. The Kier molecular flexibility index (Phi) is 5.50. The van der Waals surface area contributed by atoms with Crippen molar-refractivity contribution in [3.63, 3.8) is 0 Å². The van der Waals surface area contributed by atoms with Gasteiger partial charge in [-0.2, -0.15) is 0 Å². The fraction of sp³-hybridized carbons (Fsp3) is 0.583. The summed E-state index contributed by atoms with van der Waals surface area (Å²) in [5, 5.41) is 3.39. The van der Waals surface area contributed by atoms with Crippen molar-refractivity contribution in [2.24, 2.45) is 5.73 Å². The second-order valence-corrected chi connectivity index (χ2v) is 5.81. The molecular formula is C12H19Cl2N3OS. The highest BCUT2D eigenvalue weighted by atomic mass is 35.5. The van der Waals surface area contributed by atoms with E-state index in [1.807, 2.05) is 4.90 Å². The number of halogens is 2. The van der Waals surface area contributed by atoms with Crippen LogP contribution in [0, 0.1) is 0 Å². The molecule has 2 aliphatic rings. The molecule has 1 aromatic rings. The molecule has 7 heteroatoms. The zero-order chi connectivity index (χ0) is 11.9. The molecule has 2 N–H and O–H groups in total. The first-order valence-corrected chi connectivity index (χ1v) is 6.94. The van der Waals surface area contributed by atoms with E-state index < -0.39 is 5.54 Å². The smallest absolute Gasteiger partial charge is 0.242 e. The number of hydrogen-bond acceptors (Lipinski definition) is 4. The average Bonchev–Trinajstić information content (AvgIpc) is 2.91. The summed E-state index contributed by atoms with van der Waals surface area (Å²) in [6, 6.07) is 4.20. The van der Waals surface area contributed by atoms with E-state index in [4.69, 9.17) is 5.73 Å². The number of carbonyl (C=O) groups is 1. The second kappa shape index (κ2) is 6.31. The van der Waals surface area contributed by atoms with Gasteiger partial charge in [-0.1, -0.05) is 0 Å². The Labute approximate surface area is 129 Å². The molecule has 1 aliphatic carbocycles. The largest absolute Gasteiger partial charge is 0.360 e. The van der Waals surface area contributed by atoms with Crippen LogP contribution in [0.3, 0.4) is 0 Å². The summed E-state index contributed by atoms with van der Waals surface area (Å²) < 4.78 is 0. The van der Waals surface area contributed by atoms with Crippen molar-refractivity contribution in [1.82, 2.24) is 4.90 Å². The van der Waals surface area contributed by atoms with E-state index in [2.05, 4.69) is 22.4 Å². The Morgan fingerprint density at radius 3 is 2.32 bits per heavy atom. The van der Waals surface area contributed by atoms with Gasteiger partial charge in [0, 0.05) is 26.2 Å². The van der Waals surface area contributed by atoms with Crippen molar-refractivity contribution in [1.29, 1.82) is 0 Å². The van der Waals surface area contributed by atoms with Crippen LogP contribution in [-0.4, -0.2) is 42.5 Å². The Bertz CT molecular complexity index is 415. The third kappa shape index (κ3) is 3.34. The van der Waals surface area contributed by atoms with Crippen LogP contribution in [0.4, 0.5) is 5.00 Å². The molecular weight excluding hydrogens is 305 g/mol. The molecule has 2 fully saturated rings. The Hall–Kier alpha value is -0.490. The van der Waals surface area contributed by atoms with Gasteiger partial charge in [-0.25, -0.2) is 0 Å². The normalized spacial score (nSPS) is 20.3.